The number of thioether (sulfide) groups is 1. The van der Waals surface area contributed by atoms with Gasteiger partial charge >= 0.3 is 0 Å². The molecule has 0 fully saturated rings. The number of benzene rings is 2. The molecule has 0 aliphatic heterocycles. The summed E-state index contributed by atoms with van der Waals surface area (Å²) in [6.45, 7) is 6.60. The van der Waals surface area contributed by atoms with Crippen molar-refractivity contribution >= 4 is 23.4 Å². The van der Waals surface area contributed by atoms with Crippen LogP contribution < -0.4 is 4.90 Å². The topological polar surface area (TPSA) is 89.9 Å². The van der Waals surface area contributed by atoms with E-state index in [0.29, 0.717) is 23.4 Å². The Morgan fingerprint density at radius 2 is 1.88 bits per heavy atom. The monoisotopic (exact) mass is 448 g/mol. The summed E-state index contributed by atoms with van der Waals surface area (Å²) >= 11 is 1.33. The highest BCUT2D eigenvalue weighted by Gasteiger charge is 2.20. The van der Waals surface area contributed by atoms with E-state index in [4.69, 9.17) is 4.52 Å². The summed E-state index contributed by atoms with van der Waals surface area (Å²) in [5.74, 6) is 1.48. The summed E-state index contributed by atoms with van der Waals surface area (Å²) in [5.41, 5.74) is 4.03. The Hall–Kier alpha value is -3.46. The lowest BCUT2D eigenvalue weighted by molar-refractivity contribution is -0.116. The molecule has 8 nitrogen and oxygen atoms in total. The third-order valence-corrected chi connectivity index (χ3v) is 6.02. The summed E-state index contributed by atoms with van der Waals surface area (Å²) in [7, 11) is 1.82. The smallest absolute Gasteiger partial charge is 0.296 e. The first-order valence-corrected chi connectivity index (χ1v) is 11.2. The van der Waals surface area contributed by atoms with Crippen molar-refractivity contribution in [1.29, 1.82) is 0 Å². The molecule has 2 aromatic carbocycles. The number of carbonyl (C=O) groups is 1. The van der Waals surface area contributed by atoms with Crippen molar-refractivity contribution in [3.63, 3.8) is 0 Å². The fourth-order valence-corrected chi connectivity index (χ4v) is 4.05. The molecule has 4 aromatic rings. The number of hydrogen-bond acceptors (Lipinski definition) is 7. The summed E-state index contributed by atoms with van der Waals surface area (Å²) in [6.07, 6.45) is 0. The Labute approximate surface area is 190 Å². The van der Waals surface area contributed by atoms with Crippen molar-refractivity contribution in [3.8, 4) is 23.1 Å². The maximum atomic E-state index is 12.8. The molecule has 0 saturated carbocycles. The Morgan fingerprint density at radius 3 is 2.59 bits per heavy atom. The van der Waals surface area contributed by atoms with Gasteiger partial charge in [-0.05, 0) is 38.5 Å². The van der Waals surface area contributed by atoms with Gasteiger partial charge in [0.05, 0.1) is 5.75 Å². The molecule has 32 heavy (non-hydrogen) atoms. The Bertz CT molecular complexity index is 1230. The van der Waals surface area contributed by atoms with Gasteiger partial charge in [-0.25, -0.2) is 0 Å². The van der Waals surface area contributed by atoms with E-state index in [0.717, 1.165) is 22.4 Å². The molecule has 0 N–H and O–H groups in total. The molecule has 164 valence electrons. The average Bonchev–Trinajstić information content (AvgIpc) is 3.40. The van der Waals surface area contributed by atoms with Crippen LogP contribution in [-0.4, -0.2) is 43.1 Å². The van der Waals surface area contributed by atoms with E-state index < -0.39 is 0 Å². The van der Waals surface area contributed by atoms with Crippen LogP contribution in [0, 0.1) is 13.8 Å². The van der Waals surface area contributed by atoms with E-state index in [9.17, 15) is 4.79 Å². The number of aryl methyl sites for hydroxylation is 2. The standard InChI is InChI=1S/C23H24N6O2S/c1-5-29(18-8-6-7-16(3)13-18)19(30)14-32-23-26-25-21(28(23)4)22-24-20(27-31-22)17-11-9-15(2)10-12-17/h6-13H,5,14H2,1-4H3. The van der Waals surface area contributed by atoms with Gasteiger partial charge in [0.2, 0.25) is 17.6 Å². The van der Waals surface area contributed by atoms with Gasteiger partial charge in [-0.15, -0.1) is 10.2 Å². The molecule has 2 heterocycles. The minimum Gasteiger partial charge on any atom is -0.330 e. The predicted octanol–water partition coefficient (Wildman–Crippen LogP) is 4.29. The third-order valence-electron chi connectivity index (χ3n) is 5.02. The summed E-state index contributed by atoms with van der Waals surface area (Å²) in [6, 6.07) is 15.8. The molecule has 0 aliphatic rings. The molecule has 0 saturated heterocycles. The van der Waals surface area contributed by atoms with E-state index in [1.54, 1.807) is 9.47 Å². The summed E-state index contributed by atoms with van der Waals surface area (Å²) in [4.78, 5) is 19.1. The van der Waals surface area contributed by atoms with Crippen LogP contribution in [-0.2, 0) is 11.8 Å². The zero-order chi connectivity index (χ0) is 22.7. The lowest BCUT2D eigenvalue weighted by Crippen LogP contribution is -2.32. The number of nitrogens with zero attached hydrogens (tertiary/aromatic N) is 6. The van der Waals surface area contributed by atoms with Crippen LogP contribution >= 0.6 is 11.8 Å². The first-order valence-electron chi connectivity index (χ1n) is 10.3. The maximum Gasteiger partial charge on any atom is 0.296 e. The lowest BCUT2D eigenvalue weighted by atomic mass is 10.1. The van der Waals surface area contributed by atoms with Gasteiger partial charge in [-0.2, -0.15) is 4.98 Å². The normalized spacial score (nSPS) is 11.0. The molecule has 2 aromatic heterocycles. The third kappa shape index (κ3) is 4.57. The van der Waals surface area contributed by atoms with Crippen LogP contribution in [0.3, 0.4) is 0 Å². The molecule has 0 aliphatic carbocycles. The van der Waals surface area contributed by atoms with Crippen LogP contribution in [0.4, 0.5) is 5.69 Å². The Kier molecular flexibility index (Phi) is 6.36. The molecule has 1 amide bonds. The SMILES string of the molecule is CCN(C(=O)CSc1nnc(-c2nc(-c3ccc(C)cc3)no2)n1C)c1cccc(C)c1. The van der Waals surface area contributed by atoms with E-state index >= 15 is 0 Å². The van der Waals surface area contributed by atoms with Crippen molar-refractivity contribution in [2.24, 2.45) is 7.05 Å². The van der Waals surface area contributed by atoms with Gasteiger partial charge in [0.15, 0.2) is 5.16 Å². The summed E-state index contributed by atoms with van der Waals surface area (Å²) in [5, 5.41) is 13.1. The fraction of sp³-hybridized carbons (Fsp3) is 0.261. The van der Waals surface area contributed by atoms with Gasteiger partial charge in [0.1, 0.15) is 0 Å². The first kappa shape index (κ1) is 21.8. The average molecular weight is 449 g/mol. The highest BCUT2D eigenvalue weighted by Crippen LogP contribution is 2.25. The van der Waals surface area contributed by atoms with Crippen molar-refractivity contribution in [2.75, 3.05) is 17.2 Å². The second-order valence-electron chi connectivity index (χ2n) is 7.42. The number of hydrogen-bond donors (Lipinski definition) is 0. The van der Waals surface area contributed by atoms with Gasteiger partial charge in [0, 0.05) is 24.8 Å². The van der Waals surface area contributed by atoms with Crippen molar-refractivity contribution in [2.45, 2.75) is 25.9 Å². The number of rotatable bonds is 7. The molecule has 0 atom stereocenters. The Balaban J connectivity index is 1.46. The quantitative estimate of drug-likeness (QED) is 0.390. The summed E-state index contributed by atoms with van der Waals surface area (Å²) < 4.78 is 7.17. The van der Waals surface area contributed by atoms with Crippen LogP contribution in [0.25, 0.3) is 23.1 Å². The molecule has 4 rings (SSSR count). The Morgan fingerprint density at radius 1 is 1.09 bits per heavy atom. The van der Waals surface area contributed by atoms with E-state index in [1.807, 2.05) is 76.3 Å². The molecular formula is C23H24N6O2S. The number of amides is 1. The fourth-order valence-electron chi connectivity index (χ4n) is 3.26. The molecule has 0 spiro atoms. The highest BCUT2D eigenvalue weighted by molar-refractivity contribution is 7.99. The van der Waals surface area contributed by atoms with Crippen molar-refractivity contribution in [1.82, 2.24) is 24.9 Å². The predicted molar refractivity (Wildman–Crippen MR) is 124 cm³/mol. The second kappa shape index (κ2) is 9.35. The largest absolute Gasteiger partial charge is 0.330 e. The second-order valence-corrected chi connectivity index (χ2v) is 8.36. The zero-order valence-electron chi connectivity index (χ0n) is 18.4. The van der Waals surface area contributed by atoms with Crippen molar-refractivity contribution < 1.29 is 9.32 Å². The lowest BCUT2D eigenvalue weighted by Gasteiger charge is -2.21. The molecule has 9 heteroatoms. The van der Waals surface area contributed by atoms with Crippen LogP contribution in [0.15, 0.2) is 58.2 Å². The van der Waals surface area contributed by atoms with Gasteiger partial charge in [-0.1, -0.05) is 58.9 Å². The maximum absolute atomic E-state index is 12.8. The van der Waals surface area contributed by atoms with Gasteiger partial charge in [0.25, 0.3) is 5.89 Å². The van der Waals surface area contributed by atoms with Crippen LogP contribution in [0.2, 0.25) is 0 Å². The van der Waals surface area contributed by atoms with Crippen molar-refractivity contribution in [3.05, 3.63) is 59.7 Å². The minimum atomic E-state index is 0.00657. The van der Waals surface area contributed by atoms with Gasteiger partial charge < -0.3 is 14.0 Å². The van der Waals surface area contributed by atoms with E-state index in [1.165, 1.54) is 11.8 Å². The highest BCUT2D eigenvalue weighted by atomic mass is 32.2. The number of carbonyl (C=O) groups excluding carboxylic acids is 1. The molecular weight excluding hydrogens is 424 g/mol. The molecule has 0 unspecified atom stereocenters. The van der Waals surface area contributed by atoms with Crippen LogP contribution in [0.1, 0.15) is 18.1 Å². The van der Waals surface area contributed by atoms with E-state index in [2.05, 4.69) is 20.3 Å². The van der Waals surface area contributed by atoms with Crippen LogP contribution in [0.5, 0.6) is 0 Å². The number of aromatic nitrogens is 5. The molecule has 0 bridgehead atoms. The zero-order valence-corrected chi connectivity index (χ0v) is 19.3. The number of anilines is 1. The minimum absolute atomic E-state index is 0.00657. The first-order chi connectivity index (χ1) is 15.5. The van der Waals surface area contributed by atoms with Gasteiger partial charge in [-0.3, -0.25) is 4.79 Å². The van der Waals surface area contributed by atoms with E-state index in [-0.39, 0.29) is 17.6 Å². The molecule has 0 radical (unpaired) electrons.